The van der Waals surface area contributed by atoms with Gasteiger partial charge in [-0.2, -0.15) is 5.10 Å². The third kappa shape index (κ3) is 4.12. The first-order valence-corrected chi connectivity index (χ1v) is 9.58. The number of rotatable bonds is 5. The quantitative estimate of drug-likeness (QED) is 0.619. The van der Waals surface area contributed by atoms with Gasteiger partial charge in [0.25, 0.3) is 5.56 Å². The van der Waals surface area contributed by atoms with Gasteiger partial charge in [0, 0.05) is 35.2 Å². The Bertz CT molecular complexity index is 1000. The predicted molar refractivity (Wildman–Crippen MR) is 106 cm³/mol. The van der Waals surface area contributed by atoms with Gasteiger partial charge in [-0.15, -0.1) is 0 Å². The molecule has 0 aliphatic carbocycles. The van der Waals surface area contributed by atoms with Crippen LogP contribution in [0.1, 0.15) is 0 Å². The summed E-state index contributed by atoms with van der Waals surface area (Å²) in [7, 11) is 0. The van der Waals surface area contributed by atoms with Crippen LogP contribution in [0.3, 0.4) is 0 Å². The van der Waals surface area contributed by atoms with Gasteiger partial charge < -0.3 is 14.4 Å². The number of hydrogen-bond acceptors (Lipinski definition) is 6. The monoisotopic (exact) mass is 430 g/mol. The zero-order valence-electron chi connectivity index (χ0n) is 14.7. The first-order chi connectivity index (χ1) is 13.2. The molecule has 8 heteroatoms. The third-order valence-corrected chi connectivity index (χ3v) is 4.91. The van der Waals surface area contributed by atoms with E-state index in [0.29, 0.717) is 26.4 Å². The van der Waals surface area contributed by atoms with Crippen molar-refractivity contribution in [3.05, 3.63) is 57.4 Å². The molecule has 4 rings (SSSR count). The predicted octanol–water partition coefficient (Wildman–Crippen LogP) is 2.47. The number of fused-ring (bicyclic) bond motifs is 1. The Hall–Kier alpha value is -2.45. The van der Waals surface area contributed by atoms with E-state index in [2.05, 4.69) is 30.9 Å². The second-order valence-electron chi connectivity index (χ2n) is 6.17. The van der Waals surface area contributed by atoms with Crippen LogP contribution >= 0.6 is 15.9 Å². The molecule has 1 saturated heterocycles. The van der Waals surface area contributed by atoms with Crippen molar-refractivity contribution in [2.45, 2.75) is 6.54 Å². The molecule has 1 aliphatic rings. The zero-order chi connectivity index (χ0) is 18.6. The summed E-state index contributed by atoms with van der Waals surface area (Å²) < 4.78 is 13.7. The Labute approximate surface area is 164 Å². The van der Waals surface area contributed by atoms with Gasteiger partial charge in [0.1, 0.15) is 18.2 Å². The number of morpholine rings is 1. The average Bonchev–Trinajstić information content (AvgIpc) is 2.70. The maximum Gasteiger partial charge on any atom is 0.266 e. The third-order valence-electron chi connectivity index (χ3n) is 4.41. The molecule has 3 aromatic rings. The number of nitrogens with zero attached hydrogens (tertiary/aromatic N) is 4. The van der Waals surface area contributed by atoms with Gasteiger partial charge in [-0.05, 0) is 30.3 Å². The van der Waals surface area contributed by atoms with Crippen molar-refractivity contribution >= 4 is 32.7 Å². The lowest BCUT2D eigenvalue weighted by molar-refractivity contribution is 0.122. The van der Waals surface area contributed by atoms with Crippen molar-refractivity contribution in [1.29, 1.82) is 0 Å². The fourth-order valence-corrected chi connectivity index (χ4v) is 3.37. The highest BCUT2D eigenvalue weighted by molar-refractivity contribution is 9.10. The van der Waals surface area contributed by atoms with Gasteiger partial charge in [0.15, 0.2) is 0 Å². The number of pyridine rings is 1. The van der Waals surface area contributed by atoms with Crippen LogP contribution in [0.5, 0.6) is 5.75 Å². The molecular formula is C19H19BrN4O3. The van der Waals surface area contributed by atoms with E-state index in [-0.39, 0.29) is 5.56 Å². The average molecular weight is 431 g/mol. The number of halogens is 1. The number of benzene rings is 1. The number of aromatic nitrogens is 3. The highest BCUT2D eigenvalue weighted by Gasteiger charge is 2.13. The van der Waals surface area contributed by atoms with Crippen molar-refractivity contribution < 1.29 is 9.47 Å². The minimum absolute atomic E-state index is 0.140. The van der Waals surface area contributed by atoms with Crippen LogP contribution in [0, 0.1) is 0 Å². The van der Waals surface area contributed by atoms with Gasteiger partial charge in [-0.3, -0.25) is 9.78 Å². The highest BCUT2D eigenvalue weighted by atomic mass is 79.9. The lowest BCUT2D eigenvalue weighted by Crippen LogP contribution is -2.38. The molecule has 3 heterocycles. The van der Waals surface area contributed by atoms with E-state index in [4.69, 9.17) is 9.47 Å². The molecular weight excluding hydrogens is 412 g/mol. The molecule has 27 heavy (non-hydrogen) atoms. The van der Waals surface area contributed by atoms with Crippen LogP contribution in [-0.2, 0) is 11.3 Å². The van der Waals surface area contributed by atoms with E-state index in [1.54, 1.807) is 18.3 Å². The summed E-state index contributed by atoms with van der Waals surface area (Å²) in [6, 6.07) is 11.0. The van der Waals surface area contributed by atoms with Gasteiger partial charge in [-0.25, -0.2) is 4.68 Å². The summed E-state index contributed by atoms with van der Waals surface area (Å²) in [4.78, 5) is 18.6. The van der Waals surface area contributed by atoms with Crippen LogP contribution in [0.2, 0.25) is 0 Å². The van der Waals surface area contributed by atoms with E-state index in [9.17, 15) is 4.79 Å². The Morgan fingerprint density at radius 3 is 2.85 bits per heavy atom. The van der Waals surface area contributed by atoms with Gasteiger partial charge in [0.05, 0.1) is 25.3 Å². The Morgan fingerprint density at radius 1 is 1.15 bits per heavy atom. The summed E-state index contributed by atoms with van der Waals surface area (Å²) in [5.41, 5.74) is 0.714. The molecule has 1 fully saturated rings. The molecule has 0 atom stereocenters. The van der Waals surface area contributed by atoms with Crippen LogP contribution in [-0.4, -0.2) is 47.7 Å². The lowest BCUT2D eigenvalue weighted by atomic mass is 10.2. The topological polar surface area (TPSA) is 69.5 Å². The molecule has 0 bridgehead atoms. The molecule has 2 aromatic heterocycles. The van der Waals surface area contributed by atoms with E-state index < -0.39 is 0 Å². The summed E-state index contributed by atoms with van der Waals surface area (Å²) in [5, 5.41) is 5.41. The minimum Gasteiger partial charge on any atom is -0.491 e. The molecule has 0 radical (unpaired) electrons. The molecule has 0 unspecified atom stereocenters. The molecule has 140 valence electrons. The van der Waals surface area contributed by atoms with Gasteiger partial charge in [0.2, 0.25) is 0 Å². The maximum atomic E-state index is 12.1. The summed E-state index contributed by atoms with van der Waals surface area (Å²) in [6.07, 6.45) is 1.72. The fraction of sp³-hybridized carbons (Fsp3) is 0.316. The van der Waals surface area contributed by atoms with Crippen LogP contribution in [0.15, 0.2) is 51.9 Å². The second-order valence-corrected chi connectivity index (χ2v) is 7.09. The van der Waals surface area contributed by atoms with Crippen molar-refractivity contribution in [2.75, 3.05) is 37.8 Å². The molecule has 1 aliphatic heterocycles. The Morgan fingerprint density at radius 2 is 2.00 bits per heavy atom. The molecule has 1 aromatic carbocycles. The first kappa shape index (κ1) is 17.9. The lowest BCUT2D eigenvalue weighted by Gasteiger charge is -2.27. The van der Waals surface area contributed by atoms with Crippen molar-refractivity contribution in [2.24, 2.45) is 0 Å². The van der Waals surface area contributed by atoms with Crippen molar-refractivity contribution in [3.8, 4) is 5.75 Å². The molecule has 0 saturated carbocycles. The van der Waals surface area contributed by atoms with Crippen LogP contribution in [0.25, 0.3) is 10.9 Å². The second kappa shape index (κ2) is 8.06. The smallest absolute Gasteiger partial charge is 0.266 e. The maximum absolute atomic E-state index is 12.1. The Balaban J connectivity index is 1.47. The van der Waals surface area contributed by atoms with Crippen molar-refractivity contribution in [3.63, 3.8) is 0 Å². The normalized spacial score (nSPS) is 14.5. The van der Waals surface area contributed by atoms with Crippen LogP contribution in [0.4, 0.5) is 5.82 Å². The van der Waals surface area contributed by atoms with Crippen LogP contribution < -0.4 is 15.2 Å². The van der Waals surface area contributed by atoms with Gasteiger partial charge >= 0.3 is 0 Å². The number of hydrogen-bond donors (Lipinski definition) is 0. The Kier molecular flexibility index (Phi) is 5.35. The zero-order valence-corrected chi connectivity index (χ0v) is 16.3. The summed E-state index contributed by atoms with van der Waals surface area (Å²) in [6.45, 7) is 3.62. The first-order valence-electron chi connectivity index (χ1n) is 8.79. The molecule has 0 N–H and O–H groups in total. The molecule has 0 spiro atoms. The SMILES string of the molecule is O=c1ccc(N2CCOCC2)nn1CCOc1ccnc2cc(Br)ccc12. The number of anilines is 1. The van der Waals surface area contributed by atoms with E-state index in [0.717, 1.165) is 40.0 Å². The standard InChI is InChI=1S/C19H19BrN4O3/c20-14-1-2-15-16(13-14)21-6-5-17(15)27-12-9-24-19(25)4-3-18(22-24)23-7-10-26-11-8-23/h1-6,13H,7-12H2. The summed E-state index contributed by atoms with van der Waals surface area (Å²) in [5.74, 6) is 1.53. The number of ether oxygens (including phenoxy) is 2. The van der Waals surface area contributed by atoms with Crippen molar-refractivity contribution in [1.82, 2.24) is 14.8 Å². The fourth-order valence-electron chi connectivity index (χ4n) is 3.02. The minimum atomic E-state index is -0.140. The largest absolute Gasteiger partial charge is 0.491 e. The summed E-state index contributed by atoms with van der Waals surface area (Å²) >= 11 is 3.45. The molecule has 0 amide bonds. The van der Waals surface area contributed by atoms with E-state index in [1.807, 2.05) is 24.3 Å². The van der Waals surface area contributed by atoms with E-state index >= 15 is 0 Å². The van der Waals surface area contributed by atoms with E-state index in [1.165, 1.54) is 4.68 Å². The van der Waals surface area contributed by atoms with Gasteiger partial charge in [-0.1, -0.05) is 15.9 Å². The highest BCUT2D eigenvalue weighted by Crippen LogP contribution is 2.26. The molecule has 7 nitrogen and oxygen atoms in total.